The number of nitrogens with zero attached hydrogens (tertiary/aromatic N) is 2. The van der Waals surface area contributed by atoms with Gasteiger partial charge in [0.15, 0.2) is 5.82 Å². The highest BCUT2D eigenvalue weighted by Gasteiger charge is 2.33. The lowest BCUT2D eigenvalue weighted by Gasteiger charge is -2.24. The lowest BCUT2D eigenvalue weighted by molar-refractivity contribution is -0.0149. The summed E-state index contributed by atoms with van der Waals surface area (Å²) in [5.41, 5.74) is 0. The van der Waals surface area contributed by atoms with Crippen LogP contribution in [0.4, 0.5) is 0 Å². The predicted molar refractivity (Wildman–Crippen MR) is 68.9 cm³/mol. The van der Waals surface area contributed by atoms with Crippen LogP contribution < -0.4 is 0 Å². The van der Waals surface area contributed by atoms with Gasteiger partial charge in [0.2, 0.25) is 5.89 Å². The first-order valence-electron chi connectivity index (χ1n) is 7.37. The van der Waals surface area contributed by atoms with E-state index in [9.17, 15) is 5.11 Å². The highest BCUT2D eigenvalue weighted by Crippen LogP contribution is 2.39. The van der Waals surface area contributed by atoms with Crippen molar-refractivity contribution in [3.63, 3.8) is 0 Å². The second-order valence-electron chi connectivity index (χ2n) is 5.81. The summed E-state index contributed by atoms with van der Waals surface area (Å²) in [5, 5.41) is 14.1. The average molecular weight is 266 g/mol. The van der Waals surface area contributed by atoms with Crippen LogP contribution in [0.25, 0.3) is 0 Å². The van der Waals surface area contributed by atoms with E-state index in [4.69, 9.17) is 9.26 Å². The minimum absolute atomic E-state index is 0.154. The summed E-state index contributed by atoms with van der Waals surface area (Å²) in [6.45, 7) is 3.33. The molecule has 0 amide bonds. The smallest absolute Gasteiger partial charge is 0.234 e. The molecule has 5 nitrogen and oxygen atoms in total. The first-order valence-corrected chi connectivity index (χ1v) is 7.37. The van der Waals surface area contributed by atoms with Gasteiger partial charge in [0.05, 0.1) is 18.6 Å². The van der Waals surface area contributed by atoms with Crippen molar-refractivity contribution in [1.29, 1.82) is 0 Å². The number of aliphatic hydroxyl groups is 1. The van der Waals surface area contributed by atoms with Gasteiger partial charge in [-0.05, 0) is 31.6 Å². The molecule has 0 bridgehead atoms. The molecule has 2 fully saturated rings. The Labute approximate surface area is 113 Å². The van der Waals surface area contributed by atoms with E-state index in [1.165, 1.54) is 19.3 Å². The van der Waals surface area contributed by atoms with Gasteiger partial charge in [0, 0.05) is 12.5 Å². The number of ether oxygens (including phenoxy) is 1. The van der Waals surface area contributed by atoms with Gasteiger partial charge in [0.1, 0.15) is 0 Å². The third kappa shape index (κ3) is 2.67. The molecule has 106 valence electrons. The topological polar surface area (TPSA) is 68.4 Å². The summed E-state index contributed by atoms with van der Waals surface area (Å²) in [7, 11) is 0. The number of hydrogen-bond acceptors (Lipinski definition) is 5. The number of rotatable bonds is 3. The lowest BCUT2D eigenvalue weighted by atomic mass is 9.98. The number of aromatic nitrogens is 2. The molecule has 1 aliphatic carbocycles. The molecule has 0 spiro atoms. The molecule has 0 aromatic carbocycles. The van der Waals surface area contributed by atoms with E-state index in [0.29, 0.717) is 31.4 Å². The van der Waals surface area contributed by atoms with E-state index < -0.39 is 6.10 Å². The van der Waals surface area contributed by atoms with Crippen LogP contribution in [-0.4, -0.2) is 34.6 Å². The molecule has 3 rings (SSSR count). The van der Waals surface area contributed by atoms with Crippen molar-refractivity contribution in [3.05, 3.63) is 11.7 Å². The quantitative estimate of drug-likeness (QED) is 0.908. The lowest BCUT2D eigenvalue weighted by Crippen LogP contribution is -2.30. The highest BCUT2D eigenvalue weighted by atomic mass is 16.5. The number of aliphatic hydroxyl groups excluding tert-OH is 1. The zero-order valence-electron chi connectivity index (χ0n) is 11.4. The molecule has 0 radical (unpaired) electrons. The Kier molecular flexibility index (Phi) is 3.84. The van der Waals surface area contributed by atoms with Crippen LogP contribution in [0.15, 0.2) is 4.52 Å². The van der Waals surface area contributed by atoms with Gasteiger partial charge in [-0.25, -0.2) is 0 Å². The molecular weight excluding hydrogens is 244 g/mol. The van der Waals surface area contributed by atoms with E-state index in [2.05, 4.69) is 17.1 Å². The van der Waals surface area contributed by atoms with Crippen LogP contribution in [0.1, 0.15) is 62.6 Å². The fourth-order valence-corrected chi connectivity index (χ4v) is 3.21. The fraction of sp³-hybridized carbons (Fsp3) is 0.857. The Morgan fingerprint density at radius 3 is 2.95 bits per heavy atom. The molecule has 1 saturated heterocycles. The zero-order chi connectivity index (χ0) is 13.2. The van der Waals surface area contributed by atoms with Crippen LogP contribution in [-0.2, 0) is 4.74 Å². The third-order valence-electron chi connectivity index (χ3n) is 4.58. The maximum atomic E-state index is 9.97. The Balaban J connectivity index is 1.69. The van der Waals surface area contributed by atoms with Gasteiger partial charge in [-0.1, -0.05) is 18.5 Å². The summed E-state index contributed by atoms with van der Waals surface area (Å²) < 4.78 is 10.7. The summed E-state index contributed by atoms with van der Waals surface area (Å²) in [4.78, 5) is 4.52. The van der Waals surface area contributed by atoms with Gasteiger partial charge in [-0.15, -0.1) is 0 Å². The normalized spacial score (nSPS) is 35.7. The van der Waals surface area contributed by atoms with Crippen molar-refractivity contribution in [2.24, 2.45) is 5.92 Å². The van der Waals surface area contributed by atoms with Crippen molar-refractivity contribution in [3.8, 4) is 0 Å². The fourth-order valence-electron chi connectivity index (χ4n) is 3.21. The maximum absolute atomic E-state index is 9.97. The molecule has 2 aliphatic rings. The van der Waals surface area contributed by atoms with E-state index in [-0.39, 0.29) is 5.92 Å². The molecule has 1 aromatic heterocycles. The molecule has 4 unspecified atom stereocenters. The molecule has 1 aromatic rings. The summed E-state index contributed by atoms with van der Waals surface area (Å²) in [5.74, 6) is 2.45. The summed E-state index contributed by atoms with van der Waals surface area (Å²) in [6.07, 6.45) is 5.04. The average Bonchev–Trinajstić information content (AvgIpc) is 3.08. The predicted octanol–water partition coefficient (Wildman–Crippen LogP) is 2.23. The highest BCUT2D eigenvalue weighted by molar-refractivity contribution is 5.04. The van der Waals surface area contributed by atoms with E-state index in [1.807, 2.05) is 0 Å². The van der Waals surface area contributed by atoms with Crippen molar-refractivity contribution in [2.45, 2.75) is 57.0 Å². The van der Waals surface area contributed by atoms with Crippen LogP contribution in [0.5, 0.6) is 0 Å². The molecule has 1 aliphatic heterocycles. The monoisotopic (exact) mass is 266 g/mol. The molecule has 4 atom stereocenters. The Morgan fingerprint density at radius 2 is 2.21 bits per heavy atom. The minimum Gasteiger partial charge on any atom is -0.392 e. The van der Waals surface area contributed by atoms with Crippen molar-refractivity contribution < 1.29 is 14.4 Å². The van der Waals surface area contributed by atoms with Crippen LogP contribution in [0, 0.1) is 5.92 Å². The SMILES string of the molecule is CCC1CCC(c2noc(C3COCCC3O)n2)C1. The van der Waals surface area contributed by atoms with Gasteiger partial charge < -0.3 is 14.4 Å². The van der Waals surface area contributed by atoms with E-state index >= 15 is 0 Å². The second kappa shape index (κ2) is 5.59. The van der Waals surface area contributed by atoms with Crippen molar-refractivity contribution >= 4 is 0 Å². The second-order valence-corrected chi connectivity index (χ2v) is 5.81. The van der Waals surface area contributed by atoms with Gasteiger partial charge >= 0.3 is 0 Å². The minimum atomic E-state index is -0.422. The van der Waals surface area contributed by atoms with Crippen LogP contribution in [0.3, 0.4) is 0 Å². The standard InChI is InChI=1S/C14H22N2O3/c1-2-9-3-4-10(7-9)13-15-14(19-16-13)11-8-18-6-5-12(11)17/h9-12,17H,2-8H2,1H3. The van der Waals surface area contributed by atoms with Gasteiger partial charge in [-0.2, -0.15) is 4.98 Å². The van der Waals surface area contributed by atoms with Crippen LogP contribution >= 0.6 is 0 Å². The molecule has 1 saturated carbocycles. The maximum Gasteiger partial charge on any atom is 0.234 e. The first kappa shape index (κ1) is 13.1. The van der Waals surface area contributed by atoms with Gasteiger partial charge in [0.25, 0.3) is 0 Å². The Morgan fingerprint density at radius 1 is 1.32 bits per heavy atom. The molecule has 2 heterocycles. The van der Waals surface area contributed by atoms with Crippen LogP contribution in [0.2, 0.25) is 0 Å². The molecule has 1 N–H and O–H groups in total. The Hall–Kier alpha value is -0.940. The molecular formula is C14H22N2O3. The number of hydrogen-bond donors (Lipinski definition) is 1. The third-order valence-corrected chi connectivity index (χ3v) is 4.58. The van der Waals surface area contributed by atoms with E-state index in [0.717, 1.165) is 18.2 Å². The zero-order valence-corrected chi connectivity index (χ0v) is 11.4. The van der Waals surface area contributed by atoms with Crippen molar-refractivity contribution in [2.75, 3.05) is 13.2 Å². The van der Waals surface area contributed by atoms with Gasteiger partial charge in [-0.3, -0.25) is 0 Å². The summed E-state index contributed by atoms with van der Waals surface area (Å²) in [6, 6.07) is 0. The largest absolute Gasteiger partial charge is 0.392 e. The molecule has 19 heavy (non-hydrogen) atoms. The summed E-state index contributed by atoms with van der Waals surface area (Å²) >= 11 is 0. The Bertz CT molecular complexity index is 421. The van der Waals surface area contributed by atoms with Crippen molar-refractivity contribution in [1.82, 2.24) is 10.1 Å². The first-order chi connectivity index (χ1) is 9.28. The molecule has 5 heteroatoms. The van der Waals surface area contributed by atoms with E-state index in [1.54, 1.807) is 0 Å².